The molecule has 2 aromatic heterocycles. The van der Waals surface area contributed by atoms with Gasteiger partial charge in [0.1, 0.15) is 17.7 Å². The molecule has 0 spiro atoms. The fourth-order valence-electron chi connectivity index (χ4n) is 3.20. The number of rotatable bonds is 3. The van der Waals surface area contributed by atoms with Crippen LogP contribution in [0.25, 0.3) is 11.1 Å². The first kappa shape index (κ1) is 14.2. The van der Waals surface area contributed by atoms with E-state index in [1.54, 1.807) is 6.33 Å². The second kappa shape index (κ2) is 5.99. The lowest BCUT2D eigenvalue weighted by atomic mass is 9.98. The fourth-order valence-corrected chi connectivity index (χ4v) is 3.20. The molecule has 3 aromatic rings. The minimum Gasteiger partial charge on any atom is -0.440 e. The van der Waals surface area contributed by atoms with Gasteiger partial charge in [-0.05, 0) is 31.4 Å². The molecule has 0 aliphatic carbocycles. The van der Waals surface area contributed by atoms with Crippen LogP contribution in [0, 0.1) is 0 Å². The second-order valence-electron chi connectivity index (χ2n) is 6.03. The van der Waals surface area contributed by atoms with E-state index in [1.807, 2.05) is 24.3 Å². The number of fused-ring (bicyclic) bond motifs is 1. The minimum atomic E-state index is 0.316. The number of hydrogen-bond donors (Lipinski definition) is 0. The average molecular weight is 308 g/mol. The lowest BCUT2D eigenvalue weighted by Crippen LogP contribution is -2.35. The van der Waals surface area contributed by atoms with Gasteiger partial charge in [0.2, 0.25) is 0 Å². The van der Waals surface area contributed by atoms with Gasteiger partial charge >= 0.3 is 0 Å². The Bertz CT molecular complexity index is 780. The van der Waals surface area contributed by atoms with Crippen molar-refractivity contribution in [2.75, 3.05) is 18.0 Å². The summed E-state index contributed by atoms with van der Waals surface area (Å²) in [7, 11) is 0. The molecule has 1 aliphatic rings. The van der Waals surface area contributed by atoms with E-state index < -0.39 is 0 Å². The van der Waals surface area contributed by atoms with Crippen molar-refractivity contribution in [3.8, 4) is 0 Å². The van der Waals surface area contributed by atoms with Gasteiger partial charge < -0.3 is 9.32 Å². The molecule has 1 aliphatic heterocycles. The van der Waals surface area contributed by atoms with Crippen LogP contribution in [0.5, 0.6) is 0 Å². The summed E-state index contributed by atoms with van der Waals surface area (Å²) in [6.45, 7) is 4.04. The standard InChI is InChI=1S/C18H20N4O/c1-2-14-10-17(20-12-19-14)22-9-5-6-13(11-22)18-21-15-7-3-4-8-16(15)23-18/h3-4,7-8,10,12-13H,2,5-6,9,11H2,1H3. The molecule has 1 aromatic carbocycles. The molecule has 1 atom stereocenters. The van der Waals surface area contributed by atoms with Crippen LogP contribution in [-0.2, 0) is 6.42 Å². The molecule has 1 fully saturated rings. The third-order valence-corrected chi connectivity index (χ3v) is 4.48. The summed E-state index contributed by atoms with van der Waals surface area (Å²) in [4.78, 5) is 15.7. The largest absolute Gasteiger partial charge is 0.440 e. The molecule has 0 radical (unpaired) electrons. The zero-order valence-corrected chi connectivity index (χ0v) is 13.3. The quantitative estimate of drug-likeness (QED) is 0.740. The lowest BCUT2D eigenvalue weighted by Gasteiger charge is -2.32. The van der Waals surface area contributed by atoms with Crippen LogP contribution in [0.3, 0.4) is 0 Å². The van der Waals surface area contributed by atoms with Gasteiger partial charge in [0, 0.05) is 24.8 Å². The topological polar surface area (TPSA) is 55.1 Å². The summed E-state index contributed by atoms with van der Waals surface area (Å²) in [5.74, 6) is 2.18. The Hall–Kier alpha value is -2.43. The van der Waals surface area contributed by atoms with Gasteiger partial charge in [-0.2, -0.15) is 0 Å². The Labute approximate surface area is 135 Å². The third-order valence-electron chi connectivity index (χ3n) is 4.48. The smallest absolute Gasteiger partial charge is 0.200 e. The van der Waals surface area contributed by atoms with Crippen molar-refractivity contribution in [1.82, 2.24) is 15.0 Å². The molecule has 0 amide bonds. The van der Waals surface area contributed by atoms with Crippen molar-refractivity contribution >= 4 is 16.9 Å². The molecule has 118 valence electrons. The molecule has 0 N–H and O–H groups in total. The highest BCUT2D eigenvalue weighted by Crippen LogP contribution is 2.30. The van der Waals surface area contributed by atoms with Gasteiger partial charge in [-0.25, -0.2) is 15.0 Å². The summed E-state index contributed by atoms with van der Waals surface area (Å²) in [5.41, 5.74) is 2.89. The molecule has 4 rings (SSSR count). The number of nitrogens with zero attached hydrogens (tertiary/aromatic N) is 4. The number of oxazole rings is 1. The van der Waals surface area contributed by atoms with Gasteiger partial charge in [0.15, 0.2) is 11.5 Å². The van der Waals surface area contributed by atoms with Crippen molar-refractivity contribution in [2.45, 2.75) is 32.1 Å². The number of benzene rings is 1. The van der Waals surface area contributed by atoms with Gasteiger partial charge in [0.05, 0.1) is 5.92 Å². The van der Waals surface area contributed by atoms with Crippen molar-refractivity contribution in [3.63, 3.8) is 0 Å². The zero-order valence-electron chi connectivity index (χ0n) is 13.3. The van der Waals surface area contributed by atoms with Crippen molar-refractivity contribution in [2.24, 2.45) is 0 Å². The SMILES string of the molecule is CCc1cc(N2CCCC(c3nc4ccccc4o3)C2)ncn1. The number of anilines is 1. The highest BCUT2D eigenvalue weighted by Gasteiger charge is 2.26. The maximum Gasteiger partial charge on any atom is 0.200 e. The molecular formula is C18H20N4O. The highest BCUT2D eigenvalue weighted by molar-refractivity contribution is 5.72. The van der Waals surface area contributed by atoms with Crippen molar-refractivity contribution in [1.29, 1.82) is 0 Å². The maximum atomic E-state index is 5.97. The second-order valence-corrected chi connectivity index (χ2v) is 6.03. The average Bonchev–Trinajstić information content (AvgIpc) is 3.06. The summed E-state index contributed by atoms with van der Waals surface area (Å²) in [5, 5.41) is 0. The Morgan fingerprint density at radius 2 is 2.17 bits per heavy atom. The molecule has 23 heavy (non-hydrogen) atoms. The number of aryl methyl sites for hydroxylation is 1. The Morgan fingerprint density at radius 3 is 3.04 bits per heavy atom. The van der Waals surface area contributed by atoms with E-state index in [1.165, 1.54) is 0 Å². The maximum absolute atomic E-state index is 5.97. The van der Waals surface area contributed by atoms with Crippen LogP contribution >= 0.6 is 0 Å². The van der Waals surface area contributed by atoms with E-state index in [4.69, 9.17) is 4.42 Å². The molecule has 0 bridgehead atoms. The third kappa shape index (κ3) is 2.79. The molecule has 1 unspecified atom stereocenters. The molecule has 5 nitrogen and oxygen atoms in total. The monoisotopic (exact) mass is 308 g/mol. The first-order valence-electron chi connectivity index (χ1n) is 8.25. The van der Waals surface area contributed by atoms with Crippen LogP contribution < -0.4 is 4.90 Å². The Balaban J connectivity index is 1.58. The van der Waals surface area contributed by atoms with E-state index >= 15 is 0 Å². The van der Waals surface area contributed by atoms with Crippen LogP contribution in [0.4, 0.5) is 5.82 Å². The molecule has 3 heterocycles. The van der Waals surface area contributed by atoms with Gasteiger partial charge in [-0.3, -0.25) is 0 Å². The highest BCUT2D eigenvalue weighted by atomic mass is 16.3. The Kier molecular flexibility index (Phi) is 3.69. The predicted molar refractivity (Wildman–Crippen MR) is 89.6 cm³/mol. The van der Waals surface area contributed by atoms with Gasteiger partial charge in [0.25, 0.3) is 0 Å². The molecule has 0 saturated carbocycles. The Morgan fingerprint density at radius 1 is 1.26 bits per heavy atom. The van der Waals surface area contributed by atoms with E-state index in [0.29, 0.717) is 5.92 Å². The van der Waals surface area contributed by atoms with E-state index in [-0.39, 0.29) is 0 Å². The first-order valence-corrected chi connectivity index (χ1v) is 8.25. The number of piperidine rings is 1. The fraction of sp³-hybridized carbons (Fsp3) is 0.389. The van der Waals surface area contributed by atoms with Crippen molar-refractivity contribution < 1.29 is 4.42 Å². The molecule has 1 saturated heterocycles. The zero-order chi connectivity index (χ0) is 15.6. The van der Waals surface area contributed by atoms with E-state index in [2.05, 4.69) is 32.8 Å². The normalized spacial score (nSPS) is 18.5. The number of aromatic nitrogens is 3. The predicted octanol–water partition coefficient (Wildman–Crippen LogP) is 3.56. The van der Waals surface area contributed by atoms with E-state index in [0.717, 1.165) is 60.9 Å². The molecular weight excluding hydrogens is 288 g/mol. The summed E-state index contributed by atoms with van der Waals surface area (Å²) in [6, 6.07) is 10.0. The lowest BCUT2D eigenvalue weighted by molar-refractivity contribution is 0.412. The van der Waals surface area contributed by atoms with Crippen LogP contribution in [0.2, 0.25) is 0 Å². The van der Waals surface area contributed by atoms with Crippen LogP contribution in [0.1, 0.15) is 37.3 Å². The van der Waals surface area contributed by atoms with Crippen molar-refractivity contribution in [3.05, 3.63) is 48.2 Å². The number of para-hydroxylation sites is 2. The minimum absolute atomic E-state index is 0.316. The van der Waals surface area contributed by atoms with E-state index in [9.17, 15) is 0 Å². The summed E-state index contributed by atoms with van der Waals surface area (Å²) < 4.78 is 5.97. The summed E-state index contributed by atoms with van der Waals surface area (Å²) in [6.07, 6.45) is 4.82. The number of hydrogen-bond acceptors (Lipinski definition) is 5. The van der Waals surface area contributed by atoms with Crippen LogP contribution in [0.15, 0.2) is 41.1 Å². The molecule has 5 heteroatoms. The summed E-state index contributed by atoms with van der Waals surface area (Å²) >= 11 is 0. The van der Waals surface area contributed by atoms with Crippen LogP contribution in [-0.4, -0.2) is 28.0 Å². The van der Waals surface area contributed by atoms with Gasteiger partial charge in [-0.15, -0.1) is 0 Å². The first-order chi connectivity index (χ1) is 11.3. The van der Waals surface area contributed by atoms with Gasteiger partial charge in [-0.1, -0.05) is 19.1 Å².